The molecule has 2 heterocycles. The van der Waals surface area contributed by atoms with Gasteiger partial charge >= 0.3 is 0 Å². The van der Waals surface area contributed by atoms with Crippen LogP contribution in [0.5, 0.6) is 0 Å². The Hall–Kier alpha value is -3.58. The minimum absolute atomic E-state index is 0.182. The molecule has 150 valence electrons. The number of nitrogens with one attached hydrogen (secondary N) is 2. The average Bonchev–Trinajstić information content (AvgIpc) is 3.16. The van der Waals surface area contributed by atoms with Gasteiger partial charge in [-0.25, -0.2) is 4.98 Å². The van der Waals surface area contributed by atoms with Crippen molar-refractivity contribution in [3.63, 3.8) is 0 Å². The van der Waals surface area contributed by atoms with E-state index in [-0.39, 0.29) is 17.6 Å². The molecule has 0 fully saturated rings. The summed E-state index contributed by atoms with van der Waals surface area (Å²) in [4.78, 5) is 29.6. The number of rotatable bonds is 6. The van der Waals surface area contributed by atoms with E-state index < -0.39 is 0 Å². The van der Waals surface area contributed by atoms with Crippen molar-refractivity contribution in [1.82, 2.24) is 9.38 Å². The average molecular weight is 417 g/mol. The number of fused-ring (bicyclic) bond motifs is 1. The number of amides is 2. The highest BCUT2D eigenvalue weighted by Gasteiger charge is 2.14. The third-order valence-corrected chi connectivity index (χ3v) is 5.43. The van der Waals surface area contributed by atoms with Crippen molar-refractivity contribution < 1.29 is 9.59 Å². The van der Waals surface area contributed by atoms with Crippen LogP contribution in [-0.4, -0.2) is 27.0 Å². The fraction of sp³-hybridized carbons (Fsp3) is 0.0870. The van der Waals surface area contributed by atoms with E-state index in [0.29, 0.717) is 16.9 Å². The molecule has 4 rings (SSSR count). The van der Waals surface area contributed by atoms with Crippen LogP contribution in [0.1, 0.15) is 15.9 Å². The molecule has 0 saturated heterocycles. The van der Waals surface area contributed by atoms with Gasteiger partial charge in [-0.1, -0.05) is 42.1 Å². The number of benzene rings is 2. The molecule has 0 saturated carbocycles. The summed E-state index contributed by atoms with van der Waals surface area (Å²) in [5.41, 5.74) is 3.62. The van der Waals surface area contributed by atoms with Crippen LogP contribution in [-0.2, 0) is 4.79 Å². The van der Waals surface area contributed by atoms with Gasteiger partial charge in [0, 0.05) is 11.9 Å². The molecule has 0 bridgehead atoms. The first-order valence-electron chi connectivity index (χ1n) is 9.42. The van der Waals surface area contributed by atoms with E-state index in [4.69, 9.17) is 0 Å². The second-order valence-corrected chi connectivity index (χ2v) is 7.68. The number of aryl methyl sites for hydroxylation is 1. The lowest BCUT2D eigenvalue weighted by Gasteiger charge is -2.11. The highest BCUT2D eigenvalue weighted by atomic mass is 32.2. The summed E-state index contributed by atoms with van der Waals surface area (Å²) in [6.07, 6.45) is 3.68. The standard InChI is InChI=1S/C23H20N4O2S/c1-16-7-6-8-17(13-16)25-22(29)19-10-2-3-11-20(19)26-21(28)15-30-23-24-14-18-9-4-5-12-27(18)23/h2-14H,15H2,1H3,(H,25,29)(H,26,28). The van der Waals surface area contributed by atoms with Gasteiger partial charge in [0.2, 0.25) is 5.91 Å². The molecule has 0 spiro atoms. The second kappa shape index (κ2) is 8.84. The normalized spacial score (nSPS) is 10.7. The van der Waals surface area contributed by atoms with Crippen LogP contribution in [0, 0.1) is 6.92 Å². The van der Waals surface area contributed by atoms with Crippen molar-refractivity contribution in [2.24, 2.45) is 0 Å². The first kappa shape index (κ1) is 19.7. The molecular formula is C23H20N4O2S. The van der Waals surface area contributed by atoms with E-state index in [0.717, 1.165) is 16.2 Å². The molecule has 2 amide bonds. The zero-order valence-corrected chi connectivity index (χ0v) is 17.1. The van der Waals surface area contributed by atoms with Gasteiger partial charge in [-0.15, -0.1) is 0 Å². The third kappa shape index (κ3) is 4.52. The van der Waals surface area contributed by atoms with Gasteiger partial charge < -0.3 is 10.6 Å². The van der Waals surface area contributed by atoms with Crippen LogP contribution in [0.4, 0.5) is 11.4 Å². The molecule has 0 aliphatic heterocycles. The maximum absolute atomic E-state index is 12.7. The summed E-state index contributed by atoms with van der Waals surface area (Å²) in [5, 5.41) is 6.46. The van der Waals surface area contributed by atoms with Crippen molar-refractivity contribution in [3.05, 3.63) is 90.3 Å². The quantitative estimate of drug-likeness (QED) is 0.450. The molecule has 0 atom stereocenters. The number of anilines is 2. The predicted octanol–water partition coefficient (Wildman–Crippen LogP) is 4.63. The fourth-order valence-electron chi connectivity index (χ4n) is 3.05. The molecule has 6 nitrogen and oxygen atoms in total. The van der Waals surface area contributed by atoms with Crippen molar-refractivity contribution >= 4 is 40.5 Å². The van der Waals surface area contributed by atoms with E-state index in [1.54, 1.807) is 30.5 Å². The van der Waals surface area contributed by atoms with Crippen LogP contribution in [0.2, 0.25) is 0 Å². The lowest BCUT2D eigenvalue weighted by atomic mass is 10.1. The Labute approximate surface area is 178 Å². The number of thioether (sulfide) groups is 1. The van der Waals surface area contributed by atoms with Gasteiger partial charge in [0.1, 0.15) is 0 Å². The summed E-state index contributed by atoms with van der Waals surface area (Å²) in [5.74, 6) is -0.297. The number of hydrogen-bond acceptors (Lipinski definition) is 4. The van der Waals surface area contributed by atoms with Gasteiger partial charge in [-0.2, -0.15) is 0 Å². The predicted molar refractivity (Wildman–Crippen MR) is 120 cm³/mol. The summed E-state index contributed by atoms with van der Waals surface area (Å²) < 4.78 is 1.93. The van der Waals surface area contributed by atoms with Gasteiger partial charge in [-0.05, 0) is 48.9 Å². The minimum Gasteiger partial charge on any atom is -0.325 e. The summed E-state index contributed by atoms with van der Waals surface area (Å²) in [6.45, 7) is 1.96. The van der Waals surface area contributed by atoms with E-state index >= 15 is 0 Å². The van der Waals surface area contributed by atoms with Crippen LogP contribution >= 0.6 is 11.8 Å². The van der Waals surface area contributed by atoms with Crippen molar-refractivity contribution in [2.75, 3.05) is 16.4 Å². The Morgan fingerprint density at radius 3 is 2.70 bits per heavy atom. The van der Waals surface area contributed by atoms with Gasteiger partial charge in [0.15, 0.2) is 5.16 Å². The largest absolute Gasteiger partial charge is 0.325 e. The second-order valence-electron chi connectivity index (χ2n) is 6.74. The maximum atomic E-state index is 12.7. The lowest BCUT2D eigenvalue weighted by Crippen LogP contribution is -2.19. The van der Waals surface area contributed by atoms with E-state index in [9.17, 15) is 9.59 Å². The number of para-hydroxylation sites is 1. The fourth-order valence-corrected chi connectivity index (χ4v) is 3.82. The molecule has 2 aromatic heterocycles. The Kier molecular flexibility index (Phi) is 5.81. The van der Waals surface area contributed by atoms with Crippen molar-refractivity contribution in [1.29, 1.82) is 0 Å². The topological polar surface area (TPSA) is 75.5 Å². The van der Waals surface area contributed by atoms with Gasteiger partial charge in [0.25, 0.3) is 5.91 Å². The molecule has 0 radical (unpaired) electrons. The smallest absolute Gasteiger partial charge is 0.257 e. The van der Waals surface area contributed by atoms with Gasteiger partial charge in [0.05, 0.1) is 28.7 Å². The first-order chi connectivity index (χ1) is 14.6. The highest BCUT2D eigenvalue weighted by Crippen LogP contribution is 2.21. The molecule has 30 heavy (non-hydrogen) atoms. The van der Waals surface area contributed by atoms with Crippen LogP contribution in [0.15, 0.2) is 84.3 Å². The van der Waals surface area contributed by atoms with Gasteiger partial charge in [-0.3, -0.25) is 14.0 Å². The number of pyridine rings is 1. The molecule has 7 heteroatoms. The molecule has 0 unspecified atom stereocenters. The summed E-state index contributed by atoms with van der Waals surface area (Å²) >= 11 is 1.34. The van der Waals surface area contributed by atoms with Crippen molar-refractivity contribution in [2.45, 2.75) is 12.1 Å². The third-order valence-electron chi connectivity index (χ3n) is 4.46. The molecule has 2 aromatic carbocycles. The number of carbonyl (C=O) groups is 2. The molecule has 2 N–H and O–H groups in total. The first-order valence-corrected chi connectivity index (χ1v) is 10.4. The minimum atomic E-state index is -0.275. The molecule has 0 aliphatic rings. The SMILES string of the molecule is Cc1cccc(NC(=O)c2ccccc2NC(=O)CSc2ncc3ccccn23)c1. The Bertz CT molecular complexity index is 1220. The zero-order valence-electron chi connectivity index (χ0n) is 16.3. The molecule has 0 aliphatic carbocycles. The number of aromatic nitrogens is 2. The molecule has 4 aromatic rings. The number of imidazole rings is 1. The van der Waals surface area contributed by atoms with Crippen LogP contribution < -0.4 is 10.6 Å². The van der Waals surface area contributed by atoms with Crippen LogP contribution in [0.3, 0.4) is 0 Å². The number of carbonyl (C=O) groups excluding carboxylic acids is 2. The summed E-state index contributed by atoms with van der Waals surface area (Å²) in [7, 11) is 0. The van der Waals surface area contributed by atoms with E-state index in [1.165, 1.54) is 11.8 Å². The number of nitrogens with zero attached hydrogens (tertiary/aromatic N) is 2. The van der Waals surface area contributed by atoms with Crippen LogP contribution in [0.25, 0.3) is 5.52 Å². The van der Waals surface area contributed by atoms with Crippen molar-refractivity contribution in [3.8, 4) is 0 Å². The maximum Gasteiger partial charge on any atom is 0.257 e. The Balaban J connectivity index is 1.43. The highest BCUT2D eigenvalue weighted by molar-refractivity contribution is 7.99. The number of hydrogen-bond donors (Lipinski definition) is 2. The zero-order chi connectivity index (χ0) is 20.9. The van der Waals surface area contributed by atoms with E-state index in [2.05, 4.69) is 15.6 Å². The Morgan fingerprint density at radius 2 is 1.83 bits per heavy atom. The van der Waals surface area contributed by atoms with E-state index in [1.807, 2.05) is 60.0 Å². The monoisotopic (exact) mass is 416 g/mol. The lowest BCUT2D eigenvalue weighted by molar-refractivity contribution is -0.113. The summed E-state index contributed by atoms with van der Waals surface area (Å²) in [6, 6.07) is 20.4. The molecular weight excluding hydrogens is 396 g/mol. The Morgan fingerprint density at radius 1 is 1.00 bits per heavy atom.